The second-order valence-electron chi connectivity index (χ2n) is 9.85. The summed E-state index contributed by atoms with van der Waals surface area (Å²) in [5, 5.41) is 12.3. The third-order valence-corrected chi connectivity index (χ3v) is 8.06. The van der Waals surface area contributed by atoms with E-state index < -0.39 is 0 Å². The lowest BCUT2D eigenvalue weighted by molar-refractivity contribution is -0.121. The Morgan fingerprint density at radius 3 is 2.51 bits per heavy atom. The summed E-state index contributed by atoms with van der Waals surface area (Å²) >= 11 is 1.61. The number of nitrogens with zero attached hydrogens (tertiary/aromatic N) is 2. The Morgan fingerprint density at radius 2 is 1.76 bits per heavy atom. The van der Waals surface area contributed by atoms with Crippen molar-refractivity contribution in [3.8, 4) is 21.8 Å². The second kappa shape index (κ2) is 13.4. The van der Waals surface area contributed by atoms with Gasteiger partial charge in [-0.2, -0.15) is 0 Å². The van der Waals surface area contributed by atoms with Crippen molar-refractivity contribution in [2.75, 3.05) is 43.4 Å². The molecule has 0 radical (unpaired) electrons. The molecule has 3 aromatic carbocycles. The van der Waals surface area contributed by atoms with Gasteiger partial charge in [0.2, 0.25) is 5.91 Å². The molecule has 0 unspecified atom stereocenters. The third-order valence-electron chi connectivity index (χ3n) is 7.17. The number of fused-ring (bicyclic) bond motifs is 1. The van der Waals surface area contributed by atoms with Crippen LogP contribution in [0.5, 0.6) is 0 Å². The van der Waals surface area contributed by atoms with Crippen LogP contribution in [-0.4, -0.2) is 54.4 Å². The maximum Gasteiger partial charge on any atom is 0.256 e. The van der Waals surface area contributed by atoms with Gasteiger partial charge in [0.05, 0.1) is 5.69 Å². The van der Waals surface area contributed by atoms with Crippen LogP contribution < -0.4 is 16.0 Å². The number of amides is 2. The first-order valence-electron chi connectivity index (χ1n) is 14.1. The molecule has 1 aliphatic heterocycles. The monoisotopic (exact) mass is 565 g/mol. The molecule has 0 saturated carbocycles. The minimum Gasteiger partial charge on any atom is -0.383 e. The van der Waals surface area contributed by atoms with Gasteiger partial charge in [-0.3, -0.25) is 9.59 Å². The molecular weight excluding hydrogens is 530 g/mol. The predicted molar refractivity (Wildman–Crippen MR) is 170 cm³/mol. The van der Waals surface area contributed by atoms with E-state index in [1.54, 1.807) is 11.3 Å². The van der Waals surface area contributed by atoms with Crippen molar-refractivity contribution in [1.82, 2.24) is 15.2 Å². The molecule has 0 fully saturated rings. The van der Waals surface area contributed by atoms with Crippen molar-refractivity contribution in [2.24, 2.45) is 0 Å². The molecule has 1 aliphatic rings. The normalized spacial score (nSPS) is 13.3. The molecule has 0 bridgehead atoms. The molecule has 3 N–H and O–H groups in total. The number of carbonyl (C=O) groups is 2. The van der Waals surface area contributed by atoms with E-state index >= 15 is 0 Å². The lowest BCUT2D eigenvalue weighted by atomic mass is 10.0. The summed E-state index contributed by atoms with van der Waals surface area (Å²) in [4.78, 5) is 32.0. The van der Waals surface area contributed by atoms with Gasteiger partial charge in [-0.1, -0.05) is 62.4 Å². The Labute approximate surface area is 245 Å². The maximum atomic E-state index is 12.8. The number of thiazole rings is 1. The van der Waals surface area contributed by atoms with Gasteiger partial charge < -0.3 is 20.9 Å². The van der Waals surface area contributed by atoms with Gasteiger partial charge in [0.15, 0.2) is 0 Å². The van der Waals surface area contributed by atoms with Gasteiger partial charge in [-0.15, -0.1) is 11.3 Å². The highest BCUT2D eigenvalue weighted by atomic mass is 32.1. The first-order chi connectivity index (χ1) is 20.0. The van der Waals surface area contributed by atoms with E-state index in [4.69, 9.17) is 4.98 Å². The largest absolute Gasteiger partial charge is 0.383 e. The van der Waals surface area contributed by atoms with Crippen LogP contribution in [0, 0.1) is 0 Å². The van der Waals surface area contributed by atoms with Crippen LogP contribution in [0.2, 0.25) is 0 Å². The third kappa shape index (κ3) is 7.09. The van der Waals surface area contributed by atoms with E-state index in [0.29, 0.717) is 25.1 Å². The number of rotatable bonds is 12. The van der Waals surface area contributed by atoms with Gasteiger partial charge in [0.25, 0.3) is 5.91 Å². The van der Waals surface area contributed by atoms with E-state index in [2.05, 4.69) is 52.2 Å². The molecular formula is C33H35N5O2S. The predicted octanol–water partition coefficient (Wildman–Crippen LogP) is 6.23. The van der Waals surface area contributed by atoms with Crippen molar-refractivity contribution in [1.29, 1.82) is 0 Å². The van der Waals surface area contributed by atoms with Gasteiger partial charge in [0.1, 0.15) is 5.01 Å². The lowest BCUT2D eigenvalue weighted by Gasteiger charge is -2.17. The zero-order chi connectivity index (χ0) is 28.6. The molecule has 5 rings (SSSR count). The number of hydrogen-bond donors (Lipinski definition) is 3. The fourth-order valence-electron chi connectivity index (χ4n) is 4.77. The van der Waals surface area contributed by atoms with Gasteiger partial charge in [-0.25, -0.2) is 4.98 Å². The highest BCUT2D eigenvalue weighted by Crippen LogP contribution is 2.37. The minimum absolute atomic E-state index is 0.0744. The Bertz CT molecular complexity index is 1520. The highest BCUT2D eigenvalue weighted by molar-refractivity contribution is 7.13. The second-order valence-corrected chi connectivity index (χ2v) is 10.7. The molecule has 2 amide bonds. The van der Waals surface area contributed by atoms with Gasteiger partial charge >= 0.3 is 0 Å². The quantitative estimate of drug-likeness (QED) is 0.140. The Morgan fingerprint density at radius 1 is 0.976 bits per heavy atom. The first-order valence-corrected chi connectivity index (χ1v) is 14.9. The summed E-state index contributed by atoms with van der Waals surface area (Å²) in [6, 6.07) is 24.1. The molecule has 8 heteroatoms. The van der Waals surface area contributed by atoms with Crippen LogP contribution in [0.3, 0.4) is 0 Å². The smallest absolute Gasteiger partial charge is 0.256 e. The molecule has 0 saturated heterocycles. The molecule has 7 nitrogen and oxygen atoms in total. The fraction of sp³-hybridized carbons (Fsp3) is 0.242. The standard InChI is InChI=1S/C33H35N5O2S/c1-3-38(4-2)19-16-31(39)35-18-17-34-26-13-10-23(11-14-26)20-28-27-21-25(12-15-29(27)36-32(28)40)30-22-41-33(37-30)24-8-6-5-7-9-24/h5-15,20-22,34H,3-4,16-19H2,1-2H3,(H,35,39)(H,36,40)/b28-20-. The molecule has 2 heterocycles. The molecule has 4 aromatic rings. The molecule has 210 valence electrons. The number of hydrogen-bond acceptors (Lipinski definition) is 6. The highest BCUT2D eigenvalue weighted by Gasteiger charge is 2.25. The number of carbonyl (C=O) groups excluding carboxylic acids is 2. The zero-order valence-corrected chi connectivity index (χ0v) is 24.3. The van der Waals surface area contributed by atoms with E-state index in [-0.39, 0.29) is 11.8 Å². The molecule has 41 heavy (non-hydrogen) atoms. The van der Waals surface area contributed by atoms with Crippen LogP contribution in [0.1, 0.15) is 31.4 Å². The fourth-order valence-corrected chi connectivity index (χ4v) is 5.61. The lowest BCUT2D eigenvalue weighted by Crippen LogP contribution is -2.33. The summed E-state index contributed by atoms with van der Waals surface area (Å²) in [5.41, 5.74) is 7.17. The van der Waals surface area contributed by atoms with Crippen LogP contribution in [-0.2, 0) is 9.59 Å². The molecule has 0 atom stereocenters. The Kier molecular flexibility index (Phi) is 9.23. The first kappa shape index (κ1) is 28.3. The number of benzene rings is 3. The van der Waals surface area contributed by atoms with Crippen LogP contribution in [0.25, 0.3) is 33.5 Å². The van der Waals surface area contributed by atoms with Crippen molar-refractivity contribution < 1.29 is 9.59 Å². The summed E-state index contributed by atoms with van der Waals surface area (Å²) in [7, 11) is 0. The summed E-state index contributed by atoms with van der Waals surface area (Å²) in [6.07, 6.45) is 2.43. The van der Waals surface area contributed by atoms with E-state index in [1.165, 1.54) is 0 Å². The van der Waals surface area contributed by atoms with E-state index in [1.807, 2.05) is 66.7 Å². The van der Waals surface area contributed by atoms with Crippen LogP contribution in [0.15, 0.2) is 78.2 Å². The Hall–Kier alpha value is -4.27. The summed E-state index contributed by atoms with van der Waals surface area (Å²) in [6.45, 7) is 8.11. The average molecular weight is 566 g/mol. The zero-order valence-electron chi connectivity index (χ0n) is 23.4. The van der Waals surface area contributed by atoms with Crippen LogP contribution in [0.4, 0.5) is 11.4 Å². The molecule has 1 aromatic heterocycles. The minimum atomic E-state index is -0.112. The van der Waals surface area contributed by atoms with Gasteiger partial charge in [-0.05, 0) is 49.0 Å². The number of anilines is 2. The SMILES string of the molecule is CCN(CC)CCC(=O)NCCNc1ccc(/C=C2\C(=O)Nc3ccc(-c4csc(-c5ccccc5)n4)cc32)cc1. The van der Waals surface area contributed by atoms with Crippen molar-refractivity contribution in [3.05, 3.63) is 89.3 Å². The van der Waals surface area contributed by atoms with Crippen molar-refractivity contribution in [3.63, 3.8) is 0 Å². The van der Waals surface area contributed by atoms with Crippen LogP contribution >= 0.6 is 11.3 Å². The van der Waals surface area contributed by atoms with Gasteiger partial charge in [0, 0.05) is 65.1 Å². The number of nitrogens with one attached hydrogen (secondary N) is 3. The summed E-state index contributed by atoms with van der Waals surface area (Å²) < 4.78 is 0. The van der Waals surface area contributed by atoms with Crippen molar-refractivity contribution >= 4 is 46.2 Å². The van der Waals surface area contributed by atoms with Crippen molar-refractivity contribution in [2.45, 2.75) is 20.3 Å². The maximum absolute atomic E-state index is 12.8. The number of aromatic nitrogens is 1. The van der Waals surface area contributed by atoms with E-state index in [9.17, 15) is 9.59 Å². The molecule has 0 spiro atoms. The summed E-state index contributed by atoms with van der Waals surface area (Å²) in [5.74, 6) is -0.0373. The average Bonchev–Trinajstić information content (AvgIpc) is 3.62. The van der Waals surface area contributed by atoms with E-state index in [0.717, 1.165) is 64.0 Å². The Balaban J connectivity index is 1.20. The molecule has 0 aliphatic carbocycles. The topological polar surface area (TPSA) is 86.4 Å².